The maximum absolute atomic E-state index is 13.3. The predicted molar refractivity (Wildman–Crippen MR) is 232 cm³/mol. The number of carbonyl (C=O) groups is 6. The smallest absolute Gasteiger partial charge is 0.407 e. The molecule has 2 aliphatic heterocycles. The number of carbonyl (C=O) groups excluding carboxylic acids is 6. The fourth-order valence-electron chi connectivity index (χ4n) is 8.36. The van der Waals surface area contributed by atoms with E-state index in [9.17, 15) is 28.8 Å². The molecule has 16 heteroatoms. The van der Waals surface area contributed by atoms with E-state index in [1.807, 2.05) is 44.2 Å². The van der Waals surface area contributed by atoms with E-state index in [1.54, 1.807) is 7.11 Å². The molecule has 4 rings (SSSR count). The number of nitrogens with one attached hydrogen (secondary N) is 4. The van der Waals surface area contributed by atoms with Crippen molar-refractivity contribution in [2.24, 2.45) is 23.6 Å². The zero-order chi connectivity index (χ0) is 45.3. The molecule has 1 aromatic carbocycles. The highest BCUT2D eigenvalue weighted by molar-refractivity contribution is 6.39. The maximum Gasteiger partial charge on any atom is 0.407 e. The topological polar surface area (TPSA) is 229 Å². The third-order valence-corrected chi connectivity index (χ3v) is 12.4. The highest BCUT2D eigenvalue weighted by Gasteiger charge is 2.72. The van der Waals surface area contributed by atoms with Crippen LogP contribution in [0.4, 0.5) is 4.79 Å². The summed E-state index contributed by atoms with van der Waals surface area (Å²) in [5.74, 6) is 2.88. The molecule has 1 aliphatic carbocycles. The van der Waals surface area contributed by atoms with E-state index in [2.05, 4.69) is 48.2 Å². The number of benzene rings is 1. The molecule has 3 fully saturated rings. The Hall–Kier alpha value is -4.06. The lowest BCUT2D eigenvalue weighted by atomic mass is 9.68. The number of methoxy groups -OCH3 is 1. The number of amides is 2. The molecule has 3 aliphatic rings. The molecule has 0 bridgehead atoms. The van der Waals surface area contributed by atoms with Crippen LogP contribution in [0.1, 0.15) is 104 Å². The lowest BCUT2D eigenvalue weighted by molar-refractivity contribution is -0.173. The van der Waals surface area contributed by atoms with Crippen LogP contribution in [0, 0.1) is 17.8 Å². The summed E-state index contributed by atoms with van der Waals surface area (Å²) in [5.41, 5.74) is 3.82. The van der Waals surface area contributed by atoms with Gasteiger partial charge in [-0.05, 0) is 70.8 Å². The van der Waals surface area contributed by atoms with Crippen LogP contribution in [0.25, 0.3) is 0 Å². The second-order valence-corrected chi connectivity index (χ2v) is 17.8. The molecule has 4 unspecified atom stereocenters. The average molecular weight is 870 g/mol. The minimum atomic E-state index is -0.774. The van der Waals surface area contributed by atoms with Crippen LogP contribution in [-0.2, 0) is 54.1 Å². The summed E-state index contributed by atoms with van der Waals surface area (Å²) >= 11 is 0. The molecule has 2 heterocycles. The van der Waals surface area contributed by atoms with Crippen LogP contribution in [0.3, 0.4) is 0 Å². The average Bonchev–Trinajstić information content (AvgIpc) is 4.17. The van der Waals surface area contributed by atoms with Crippen LogP contribution < -0.4 is 27.2 Å². The quantitative estimate of drug-likeness (QED) is 0.0147. The Kier molecular flexibility index (Phi) is 20.1. The number of hydrogen-bond donors (Lipinski definition) is 5. The number of nitrogens with two attached hydrogens (primary N) is 1. The minimum absolute atomic E-state index is 0.0365. The maximum atomic E-state index is 13.3. The second-order valence-electron chi connectivity index (χ2n) is 17.8. The molecule has 6 N–H and O–H groups in total. The lowest BCUT2D eigenvalue weighted by Gasteiger charge is -2.42. The van der Waals surface area contributed by atoms with Gasteiger partial charge in [-0.1, -0.05) is 75.1 Å². The van der Waals surface area contributed by atoms with Crippen LogP contribution in [0.5, 0.6) is 0 Å². The van der Waals surface area contributed by atoms with Gasteiger partial charge in [0.2, 0.25) is 17.5 Å². The van der Waals surface area contributed by atoms with Crippen molar-refractivity contribution in [1.82, 2.24) is 21.4 Å². The zero-order valence-corrected chi connectivity index (χ0v) is 37.6. The van der Waals surface area contributed by atoms with Crippen molar-refractivity contribution < 1.29 is 52.5 Å². The van der Waals surface area contributed by atoms with E-state index in [1.165, 1.54) is 5.57 Å². The molecule has 62 heavy (non-hydrogen) atoms. The number of allylic oxidation sites excluding steroid dienone is 1. The molecular formula is C46H71N5O11. The fourth-order valence-corrected chi connectivity index (χ4v) is 8.36. The molecule has 8 atom stereocenters. The molecule has 346 valence electrons. The van der Waals surface area contributed by atoms with Gasteiger partial charge in [-0.3, -0.25) is 29.8 Å². The summed E-state index contributed by atoms with van der Waals surface area (Å²) in [7, 11) is 1.66. The molecule has 16 nitrogen and oxygen atoms in total. The van der Waals surface area contributed by atoms with Crippen LogP contribution in [-0.4, -0.2) is 117 Å². The van der Waals surface area contributed by atoms with Gasteiger partial charge in [-0.2, -0.15) is 0 Å². The van der Waals surface area contributed by atoms with Crippen molar-refractivity contribution in [2.45, 2.75) is 141 Å². The number of unbranched alkanes of at least 4 members (excludes halogenated alkanes) is 4. The Morgan fingerprint density at radius 1 is 0.952 bits per heavy atom. The van der Waals surface area contributed by atoms with E-state index in [4.69, 9.17) is 29.5 Å². The van der Waals surface area contributed by atoms with Gasteiger partial charge in [0.25, 0.3) is 0 Å². The van der Waals surface area contributed by atoms with Crippen molar-refractivity contribution in [3.05, 3.63) is 47.5 Å². The van der Waals surface area contributed by atoms with Crippen molar-refractivity contribution in [3.8, 4) is 0 Å². The predicted octanol–water partition coefficient (Wildman–Crippen LogP) is 3.82. The summed E-state index contributed by atoms with van der Waals surface area (Å²) < 4.78 is 29.9. The number of Topliss-reactive ketones (excluding diaryl/α,β-unsaturated/α-hetero) is 3. The number of epoxide rings is 2. The first-order valence-corrected chi connectivity index (χ1v) is 22.3. The van der Waals surface area contributed by atoms with Gasteiger partial charge < -0.3 is 39.6 Å². The third-order valence-electron chi connectivity index (χ3n) is 12.4. The first kappa shape index (κ1) is 50.6. The van der Waals surface area contributed by atoms with Crippen molar-refractivity contribution >= 4 is 35.3 Å². The first-order valence-electron chi connectivity index (χ1n) is 22.3. The van der Waals surface area contributed by atoms with E-state index in [0.29, 0.717) is 38.8 Å². The van der Waals surface area contributed by atoms with Crippen molar-refractivity contribution in [3.63, 3.8) is 0 Å². The Morgan fingerprint density at radius 2 is 1.65 bits per heavy atom. The van der Waals surface area contributed by atoms with Gasteiger partial charge in [0, 0.05) is 26.0 Å². The van der Waals surface area contributed by atoms with Gasteiger partial charge in [-0.15, -0.1) is 0 Å². The molecule has 0 radical (unpaired) electrons. The van der Waals surface area contributed by atoms with Crippen molar-refractivity contribution in [2.75, 3.05) is 46.5 Å². The normalized spacial score (nSPS) is 24.7. The molecule has 0 aromatic heterocycles. The third kappa shape index (κ3) is 15.6. The summed E-state index contributed by atoms with van der Waals surface area (Å²) in [5, 5.41) is 7.94. The Balaban J connectivity index is 1.02. The Labute approximate surface area is 366 Å². The van der Waals surface area contributed by atoms with E-state index < -0.39 is 47.9 Å². The van der Waals surface area contributed by atoms with E-state index >= 15 is 0 Å². The number of rotatable bonds is 29. The number of hydrogen-bond acceptors (Lipinski definition) is 14. The number of alkyl carbamates (subject to hydrolysis) is 1. The SMILES string of the molecule is COC1C(OC(=O)C[C@@H](COC(=O)NCCCCCCCC(=O)CNCC(=O)C(=O)CNC(=O)[C@H](Cc2ccccc2)NN)C(C)C)CC[C@]2(CO2)C1C1(C)O[C@@H]1CC=C(C)C. The van der Waals surface area contributed by atoms with Gasteiger partial charge in [0.05, 0.1) is 51.3 Å². The second kappa shape index (κ2) is 24.7. The van der Waals surface area contributed by atoms with Gasteiger partial charge in [-0.25, -0.2) is 10.2 Å². The molecule has 1 spiro atoms. The van der Waals surface area contributed by atoms with Crippen LogP contribution in [0.2, 0.25) is 0 Å². The fraction of sp³-hybridized carbons (Fsp3) is 0.696. The molecule has 1 saturated carbocycles. The van der Waals surface area contributed by atoms with Gasteiger partial charge in [0.1, 0.15) is 35.2 Å². The highest BCUT2D eigenvalue weighted by atomic mass is 16.6. The van der Waals surface area contributed by atoms with E-state index in [-0.39, 0.29) is 73.4 Å². The molecule has 2 amide bonds. The van der Waals surface area contributed by atoms with Crippen LogP contribution >= 0.6 is 0 Å². The number of ether oxygens (including phenoxy) is 5. The number of hydrazine groups is 1. The molecular weight excluding hydrogens is 799 g/mol. The molecule has 1 aromatic rings. The Bertz CT molecular complexity index is 1680. The summed E-state index contributed by atoms with van der Waals surface area (Å²) in [4.78, 5) is 74.9. The lowest BCUT2D eigenvalue weighted by Crippen LogP contribution is -2.55. The standard InChI is InChI=1S/C46H71N5O11/c1-30(2)18-19-39-45(5,62-39)42-41(58-6)38(20-21-46(42)29-60-46)61-40(55)24-33(31(3)4)28-59-44(57)49-22-14-9-7-8-13-17-34(52)25-48-26-36(53)37(54)27-50-43(56)35(51-47)23-32-15-11-10-12-16-32/h10-12,15-16,18,31,33,35,38-39,41-42,48,51H,7-9,13-14,17,19-29,47H2,1-6H3,(H,49,57)(H,50,56)/t33-,35-,38?,39+,41?,42?,45?,46-/m0/s1. The Morgan fingerprint density at radius 3 is 2.31 bits per heavy atom. The van der Waals surface area contributed by atoms with E-state index in [0.717, 1.165) is 44.1 Å². The minimum Gasteiger partial charge on any atom is -0.460 e. The summed E-state index contributed by atoms with van der Waals surface area (Å²) in [6.07, 6.45) is 7.90. The molecule has 2 saturated heterocycles. The number of esters is 1. The zero-order valence-electron chi connectivity index (χ0n) is 37.6. The summed E-state index contributed by atoms with van der Waals surface area (Å²) in [6.45, 7) is 10.6. The number of ketones is 3. The van der Waals surface area contributed by atoms with Crippen LogP contribution in [0.15, 0.2) is 42.0 Å². The van der Waals surface area contributed by atoms with Crippen molar-refractivity contribution in [1.29, 1.82) is 0 Å². The largest absolute Gasteiger partial charge is 0.460 e. The summed E-state index contributed by atoms with van der Waals surface area (Å²) in [6, 6.07) is 8.48. The van der Waals surface area contributed by atoms with Gasteiger partial charge >= 0.3 is 12.1 Å². The highest BCUT2D eigenvalue weighted by Crippen LogP contribution is 2.59. The monoisotopic (exact) mass is 870 g/mol. The first-order chi connectivity index (χ1) is 29.6. The van der Waals surface area contributed by atoms with Gasteiger partial charge in [0.15, 0.2) is 0 Å².